The molecule has 2 rings (SSSR count). The Kier molecular flexibility index (Phi) is 4.62. The van der Waals surface area contributed by atoms with Crippen LogP contribution in [0.5, 0.6) is 0 Å². The fourth-order valence-corrected chi connectivity index (χ4v) is 2.73. The molecule has 1 atom stereocenters. The third-order valence-electron chi connectivity index (χ3n) is 4.25. The van der Waals surface area contributed by atoms with Gasteiger partial charge in [0.1, 0.15) is 12.1 Å². The molecule has 4 nitrogen and oxygen atoms in total. The van der Waals surface area contributed by atoms with Crippen LogP contribution in [0.15, 0.2) is 0 Å². The third-order valence-corrected chi connectivity index (χ3v) is 4.25. The molecular formula is C14H25NO3. The molecule has 0 aromatic heterocycles. The van der Waals surface area contributed by atoms with Gasteiger partial charge in [-0.25, -0.2) is 0 Å². The Balaban J connectivity index is 1.76. The monoisotopic (exact) mass is 255 g/mol. The predicted octanol–water partition coefficient (Wildman–Crippen LogP) is 2.01. The maximum Gasteiger partial charge on any atom is 0.326 e. The zero-order chi connectivity index (χ0) is 13.0. The van der Waals surface area contributed by atoms with E-state index >= 15 is 0 Å². The molecule has 1 heterocycles. The van der Waals surface area contributed by atoms with Crippen molar-refractivity contribution in [2.45, 2.75) is 63.5 Å². The molecule has 1 saturated heterocycles. The van der Waals surface area contributed by atoms with Gasteiger partial charge in [-0.15, -0.1) is 0 Å². The zero-order valence-electron chi connectivity index (χ0n) is 11.3. The van der Waals surface area contributed by atoms with E-state index in [0.717, 1.165) is 51.6 Å². The Hall–Kier alpha value is -0.610. The lowest BCUT2D eigenvalue weighted by Gasteiger charge is -2.34. The normalized spacial score (nSPS) is 37.2. The molecule has 1 aliphatic heterocycles. The summed E-state index contributed by atoms with van der Waals surface area (Å²) in [7, 11) is 0. The third kappa shape index (κ3) is 3.45. The smallest absolute Gasteiger partial charge is 0.326 e. The van der Waals surface area contributed by atoms with Gasteiger partial charge >= 0.3 is 5.97 Å². The van der Waals surface area contributed by atoms with Crippen LogP contribution in [0, 0.1) is 5.92 Å². The van der Waals surface area contributed by atoms with Gasteiger partial charge in [0.05, 0.1) is 6.10 Å². The molecule has 0 spiro atoms. The van der Waals surface area contributed by atoms with Crippen LogP contribution < -0.4 is 5.73 Å². The van der Waals surface area contributed by atoms with Gasteiger partial charge < -0.3 is 15.2 Å². The van der Waals surface area contributed by atoms with E-state index in [4.69, 9.17) is 15.2 Å². The van der Waals surface area contributed by atoms with Gasteiger partial charge in [0.2, 0.25) is 0 Å². The van der Waals surface area contributed by atoms with Gasteiger partial charge in [0.15, 0.2) is 0 Å². The highest BCUT2D eigenvalue weighted by Crippen LogP contribution is 2.31. The summed E-state index contributed by atoms with van der Waals surface area (Å²) in [6, 6.07) is 0. The van der Waals surface area contributed by atoms with E-state index in [2.05, 4.69) is 6.92 Å². The topological polar surface area (TPSA) is 61.6 Å². The van der Waals surface area contributed by atoms with Gasteiger partial charge in [-0.2, -0.15) is 0 Å². The first-order valence-electron chi connectivity index (χ1n) is 7.18. The Morgan fingerprint density at radius 3 is 2.67 bits per heavy atom. The number of hydrogen-bond acceptors (Lipinski definition) is 4. The first-order valence-corrected chi connectivity index (χ1v) is 7.18. The summed E-state index contributed by atoms with van der Waals surface area (Å²) in [5.74, 6) is 0.444. The number of carbonyl (C=O) groups is 1. The minimum atomic E-state index is -0.749. The molecule has 0 aromatic rings. The second-order valence-corrected chi connectivity index (χ2v) is 5.93. The van der Waals surface area contributed by atoms with Gasteiger partial charge in [0.25, 0.3) is 0 Å². The lowest BCUT2D eigenvalue weighted by Crippen LogP contribution is -2.51. The summed E-state index contributed by atoms with van der Waals surface area (Å²) in [6.45, 7) is 3.36. The van der Waals surface area contributed by atoms with Crippen molar-refractivity contribution in [2.24, 2.45) is 11.7 Å². The molecule has 1 unspecified atom stereocenters. The highest BCUT2D eigenvalue weighted by atomic mass is 16.6. The number of esters is 1. The number of hydrogen-bond donors (Lipinski definition) is 1. The van der Waals surface area contributed by atoms with Crippen LogP contribution in [0.2, 0.25) is 0 Å². The average molecular weight is 255 g/mol. The molecule has 2 aliphatic rings. The standard InChI is InChI=1S/C14H25NO3/c1-11-5-7-14(15,8-6-11)13(16)18-10-12-4-2-3-9-17-12/h11-12H,2-10,15H2,1H3. The fourth-order valence-electron chi connectivity index (χ4n) is 2.73. The largest absolute Gasteiger partial charge is 0.462 e. The van der Waals surface area contributed by atoms with Crippen LogP contribution in [0.3, 0.4) is 0 Å². The zero-order valence-corrected chi connectivity index (χ0v) is 11.3. The van der Waals surface area contributed by atoms with Crippen LogP contribution in [0.25, 0.3) is 0 Å². The number of nitrogens with two attached hydrogens (primary N) is 1. The summed E-state index contributed by atoms with van der Waals surface area (Å²) in [5, 5.41) is 0. The molecule has 0 amide bonds. The molecule has 104 valence electrons. The maximum atomic E-state index is 12.1. The highest BCUT2D eigenvalue weighted by molar-refractivity contribution is 5.80. The Morgan fingerprint density at radius 2 is 2.06 bits per heavy atom. The van der Waals surface area contributed by atoms with Crippen LogP contribution in [-0.4, -0.2) is 30.8 Å². The molecule has 0 radical (unpaired) electrons. The molecular weight excluding hydrogens is 230 g/mol. The molecule has 4 heteroatoms. The number of carbonyl (C=O) groups excluding carboxylic acids is 1. The second kappa shape index (κ2) is 6.02. The Morgan fingerprint density at radius 1 is 1.33 bits per heavy atom. The summed E-state index contributed by atoms with van der Waals surface area (Å²) in [4.78, 5) is 12.1. The van der Waals surface area contributed by atoms with Gasteiger partial charge in [-0.1, -0.05) is 6.92 Å². The van der Waals surface area contributed by atoms with Crippen LogP contribution in [-0.2, 0) is 14.3 Å². The Bertz CT molecular complexity index is 279. The summed E-state index contributed by atoms with van der Waals surface area (Å²) in [6.07, 6.45) is 6.88. The molecule has 0 aromatic carbocycles. The number of ether oxygens (including phenoxy) is 2. The lowest BCUT2D eigenvalue weighted by atomic mass is 9.78. The van der Waals surface area contributed by atoms with E-state index in [1.807, 2.05) is 0 Å². The van der Waals surface area contributed by atoms with Crippen molar-refractivity contribution in [3.63, 3.8) is 0 Å². The molecule has 0 bridgehead atoms. The summed E-state index contributed by atoms with van der Waals surface area (Å²) in [5.41, 5.74) is 5.42. The lowest BCUT2D eigenvalue weighted by molar-refractivity contribution is -0.157. The average Bonchev–Trinajstić information content (AvgIpc) is 2.41. The van der Waals surface area contributed by atoms with E-state index in [0.29, 0.717) is 12.5 Å². The van der Waals surface area contributed by atoms with E-state index in [1.165, 1.54) is 0 Å². The highest BCUT2D eigenvalue weighted by Gasteiger charge is 2.39. The van der Waals surface area contributed by atoms with Crippen molar-refractivity contribution in [2.75, 3.05) is 13.2 Å². The van der Waals surface area contributed by atoms with Crippen LogP contribution in [0.1, 0.15) is 51.9 Å². The van der Waals surface area contributed by atoms with Crippen molar-refractivity contribution in [3.05, 3.63) is 0 Å². The molecule has 2 fully saturated rings. The van der Waals surface area contributed by atoms with Gasteiger partial charge in [0, 0.05) is 6.61 Å². The van der Waals surface area contributed by atoms with E-state index in [-0.39, 0.29) is 12.1 Å². The first kappa shape index (κ1) is 13.8. The van der Waals surface area contributed by atoms with Gasteiger partial charge in [-0.3, -0.25) is 4.79 Å². The number of rotatable bonds is 3. The van der Waals surface area contributed by atoms with Crippen molar-refractivity contribution < 1.29 is 14.3 Å². The minimum Gasteiger partial charge on any atom is -0.462 e. The first-order chi connectivity index (χ1) is 8.60. The molecule has 1 saturated carbocycles. The molecule has 18 heavy (non-hydrogen) atoms. The molecule has 1 aliphatic carbocycles. The van der Waals surface area contributed by atoms with Crippen molar-refractivity contribution in [3.8, 4) is 0 Å². The minimum absolute atomic E-state index is 0.0776. The van der Waals surface area contributed by atoms with E-state index in [1.54, 1.807) is 0 Å². The van der Waals surface area contributed by atoms with Crippen molar-refractivity contribution in [1.29, 1.82) is 0 Å². The predicted molar refractivity (Wildman–Crippen MR) is 69.1 cm³/mol. The Labute approximate surface area is 109 Å². The van der Waals surface area contributed by atoms with Crippen molar-refractivity contribution in [1.82, 2.24) is 0 Å². The maximum absolute atomic E-state index is 12.1. The SMILES string of the molecule is CC1CCC(N)(C(=O)OCC2CCCCO2)CC1. The van der Waals surface area contributed by atoms with Gasteiger partial charge in [-0.05, 0) is 50.9 Å². The van der Waals surface area contributed by atoms with Crippen LogP contribution >= 0.6 is 0 Å². The van der Waals surface area contributed by atoms with E-state index < -0.39 is 5.54 Å². The van der Waals surface area contributed by atoms with E-state index in [9.17, 15) is 4.79 Å². The molecule has 2 N–H and O–H groups in total. The summed E-state index contributed by atoms with van der Waals surface area (Å²) >= 11 is 0. The summed E-state index contributed by atoms with van der Waals surface area (Å²) < 4.78 is 10.9. The van der Waals surface area contributed by atoms with Crippen LogP contribution in [0.4, 0.5) is 0 Å². The second-order valence-electron chi connectivity index (χ2n) is 5.93. The fraction of sp³-hybridized carbons (Fsp3) is 0.929. The quantitative estimate of drug-likeness (QED) is 0.784. The van der Waals surface area contributed by atoms with Crippen molar-refractivity contribution >= 4 is 5.97 Å².